The molecule has 8 atom stereocenters. The number of ether oxygens (including phenoxy) is 2. The summed E-state index contributed by atoms with van der Waals surface area (Å²) in [5, 5.41) is 22.3. The van der Waals surface area contributed by atoms with E-state index < -0.39 is 5.60 Å². The van der Waals surface area contributed by atoms with Crippen molar-refractivity contribution in [3.8, 4) is 0 Å². The Morgan fingerprint density at radius 1 is 0.889 bits per heavy atom. The lowest BCUT2D eigenvalue weighted by Gasteiger charge is -2.63. The third-order valence-corrected chi connectivity index (χ3v) is 10.2. The summed E-state index contributed by atoms with van der Waals surface area (Å²) in [6.45, 7) is 6.29. The third-order valence-electron chi connectivity index (χ3n) is 10.2. The van der Waals surface area contributed by atoms with Gasteiger partial charge in [0.2, 0.25) is 0 Å². The Morgan fingerprint density at radius 2 is 1.67 bits per heavy atom. The number of rotatable bonds is 2. The lowest BCUT2D eigenvalue weighted by atomic mass is 9.43. The lowest BCUT2D eigenvalue weighted by Crippen LogP contribution is -2.62. The number of hydrogen-bond acceptors (Lipinski definition) is 4. The average molecular weight is 379 g/mol. The maximum atomic E-state index is 12.1. The van der Waals surface area contributed by atoms with Crippen molar-refractivity contribution in [2.45, 2.75) is 96.1 Å². The van der Waals surface area contributed by atoms with Crippen LogP contribution < -0.4 is 0 Å². The molecule has 4 aliphatic carbocycles. The normalized spacial score (nSPS) is 55.8. The second-order valence-corrected chi connectivity index (χ2v) is 10.9. The predicted octanol–water partition coefficient (Wildman–Crippen LogP) is 3.88. The van der Waals surface area contributed by atoms with Crippen molar-refractivity contribution in [1.29, 1.82) is 0 Å². The zero-order valence-electron chi connectivity index (χ0n) is 17.2. The molecule has 4 nitrogen and oxygen atoms in total. The van der Waals surface area contributed by atoms with E-state index in [2.05, 4.69) is 13.8 Å². The fraction of sp³-hybridized carbons (Fsp3) is 1.00. The largest absolute Gasteiger partial charge is 0.393 e. The van der Waals surface area contributed by atoms with Crippen LogP contribution in [0, 0.1) is 34.5 Å². The molecule has 3 unspecified atom stereocenters. The molecular formula is C23H38O4. The lowest BCUT2D eigenvalue weighted by molar-refractivity contribution is -0.213. The van der Waals surface area contributed by atoms with Crippen molar-refractivity contribution in [3.05, 3.63) is 0 Å². The highest BCUT2D eigenvalue weighted by Gasteiger charge is 2.67. The van der Waals surface area contributed by atoms with Gasteiger partial charge in [0.25, 0.3) is 0 Å². The van der Waals surface area contributed by atoms with Gasteiger partial charge in [-0.25, -0.2) is 0 Å². The highest BCUT2D eigenvalue weighted by Crippen LogP contribution is 2.69. The Kier molecular flexibility index (Phi) is 4.48. The highest BCUT2D eigenvalue weighted by molar-refractivity contribution is 5.16. The molecule has 2 N–H and O–H groups in total. The van der Waals surface area contributed by atoms with Crippen molar-refractivity contribution in [3.63, 3.8) is 0 Å². The molecular weight excluding hydrogens is 340 g/mol. The molecule has 4 heteroatoms. The van der Waals surface area contributed by atoms with Crippen LogP contribution in [-0.2, 0) is 9.47 Å². The summed E-state index contributed by atoms with van der Waals surface area (Å²) in [4.78, 5) is 0. The summed E-state index contributed by atoms with van der Waals surface area (Å²) in [5.74, 6) is 2.21. The summed E-state index contributed by atoms with van der Waals surface area (Å²) < 4.78 is 11.5. The van der Waals surface area contributed by atoms with Gasteiger partial charge in [-0.2, -0.15) is 0 Å². The van der Waals surface area contributed by atoms with E-state index in [0.717, 1.165) is 51.4 Å². The monoisotopic (exact) mass is 378 g/mol. The van der Waals surface area contributed by atoms with E-state index in [1.807, 2.05) is 0 Å². The van der Waals surface area contributed by atoms with Crippen LogP contribution in [0.25, 0.3) is 0 Å². The Hall–Kier alpha value is -0.160. The molecule has 0 aromatic rings. The molecule has 0 bridgehead atoms. The molecule has 0 radical (unpaired) electrons. The number of aliphatic hydroxyl groups excluding tert-OH is 1. The topological polar surface area (TPSA) is 58.9 Å². The first-order valence-electron chi connectivity index (χ1n) is 11.5. The van der Waals surface area contributed by atoms with E-state index in [9.17, 15) is 10.2 Å². The second kappa shape index (κ2) is 6.42. The van der Waals surface area contributed by atoms with Gasteiger partial charge >= 0.3 is 0 Å². The van der Waals surface area contributed by atoms with E-state index in [-0.39, 0.29) is 17.8 Å². The van der Waals surface area contributed by atoms with Crippen LogP contribution >= 0.6 is 0 Å². The van der Waals surface area contributed by atoms with Crippen molar-refractivity contribution in [2.75, 3.05) is 13.2 Å². The van der Waals surface area contributed by atoms with Gasteiger partial charge in [0.15, 0.2) is 6.29 Å². The van der Waals surface area contributed by atoms with E-state index >= 15 is 0 Å². The fourth-order valence-corrected chi connectivity index (χ4v) is 8.47. The van der Waals surface area contributed by atoms with Gasteiger partial charge in [-0.05, 0) is 92.3 Å². The van der Waals surface area contributed by atoms with Crippen LogP contribution in [0.5, 0.6) is 0 Å². The van der Waals surface area contributed by atoms with Gasteiger partial charge in [0.1, 0.15) is 0 Å². The minimum atomic E-state index is -0.525. The number of aliphatic hydroxyl groups is 2. The van der Waals surface area contributed by atoms with Crippen molar-refractivity contribution >= 4 is 0 Å². The standard InChI is InChI=1S/C23H38O4/c1-21-8-6-17(24)13-15(21)3-4-19-18(21)7-9-22(2)16(5-10-23(19,22)25)14-20-26-11-12-27-20/h15-20,24-25H,3-14H2,1-2H3/t15?,16?,17?,18-,19-,21+,22-,23-/m1/s1. The Labute approximate surface area is 164 Å². The molecule has 0 aromatic carbocycles. The molecule has 5 fully saturated rings. The second-order valence-electron chi connectivity index (χ2n) is 10.9. The molecule has 0 aromatic heterocycles. The fourth-order valence-electron chi connectivity index (χ4n) is 8.47. The average Bonchev–Trinajstić information content (AvgIpc) is 3.24. The van der Waals surface area contributed by atoms with Crippen LogP contribution in [0.1, 0.15) is 78.1 Å². The molecule has 1 saturated heterocycles. The predicted molar refractivity (Wildman–Crippen MR) is 103 cm³/mol. The third kappa shape index (κ3) is 2.62. The summed E-state index contributed by atoms with van der Waals surface area (Å²) >= 11 is 0. The summed E-state index contributed by atoms with van der Waals surface area (Å²) in [5.41, 5.74) is -0.209. The summed E-state index contributed by atoms with van der Waals surface area (Å²) in [6.07, 6.45) is 10.6. The molecule has 1 aliphatic heterocycles. The van der Waals surface area contributed by atoms with E-state index in [1.165, 1.54) is 12.8 Å². The first-order valence-corrected chi connectivity index (χ1v) is 11.5. The Bertz CT molecular complexity index is 575. The molecule has 4 saturated carbocycles. The SMILES string of the molecule is C[C@]12CCC(O)CC1CC[C@@H]1[C@H]2CC[C@]2(C)C(CC3OCCO3)CC[C@@]12O. The molecule has 0 amide bonds. The van der Waals surface area contributed by atoms with Crippen LogP contribution in [0.4, 0.5) is 0 Å². The minimum Gasteiger partial charge on any atom is -0.393 e. The van der Waals surface area contributed by atoms with Crippen molar-refractivity contribution in [1.82, 2.24) is 0 Å². The molecule has 5 aliphatic rings. The molecule has 1 heterocycles. The highest BCUT2D eigenvalue weighted by atomic mass is 16.7. The zero-order valence-corrected chi connectivity index (χ0v) is 17.2. The minimum absolute atomic E-state index is 0.000847. The number of hydrogen-bond donors (Lipinski definition) is 2. The molecule has 154 valence electrons. The maximum absolute atomic E-state index is 12.1. The van der Waals surface area contributed by atoms with Gasteiger partial charge in [0.05, 0.1) is 24.9 Å². The number of fused-ring (bicyclic) bond motifs is 5. The first kappa shape index (κ1) is 18.8. The van der Waals surface area contributed by atoms with Gasteiger partial charge in [-0.3, -0.25) is 0 Å². The van der Waals surface area contributed by atoms with Gasteiger partial charge in [-0.15, -0.1) is 0 Å². The van der Waals surface area contributed by atoms with Gasteiger partial charge in [0, 0.05) is 6.42 Å². The zero-order chi connectivity index (χ0) is 18.9. The molecule has 5 rings (SSSR count). The Balaban J connectivity index is 1.40. The molecule has 27 heavy (non-hydrogen) atoms. The van der Waals surface area contributed by atoms with E-state index in [1.54, 1.807) is 0 Å². The van der Waals surface area contributed by atoms with Crippen LogP contribution in [-0.4, -0.2) is 41.4 Å². The van der Waals surface area contributed by atoms with Crippen LogP contribution in [0.2, 0.25) is 0 Å². The smallest absolute Gasteiger partial charge is 0.158 e. The van der Waals surface area contributed by atoms with Gasteiger partial charge in [-0.1, -0.05) is 13.8 Å². The quantitative estimate of drug-likeness (QED) is 0.765. The van der Waals surface area contributed by atoms with Crippen LogP contribution in [0.3, 0.4) is 0 Å². The van der Waals surface area contributed by atoms with Crippen LogP contribution in [0.15, 0.2) is 0 Å². The summed E-state index contributed by atoms with van der Waals surface area (Å²) in [6, 6.07) is 0. The molecule has 0 spiro atoms. The van der Waals surface area contributed by atoms with Crippen molar-refractivity contribution < 1.29 is 19.7 Å². The maximum Gasteiger partial charge on any atom is 0.158 e. The van der Waals surface area contributed by atoms with Crippen molar-refractivity contribution in [2.24, 2.45) is 34.5 Å². The van der Waals surface area contributed by atoms with Gasteiger partial charge < -0.3 is 19.7 Å². The first-order chi connectivity index (χ1) is 12.9. The van der Waals surface area contributed by atoms with E-state index in [0.29, 0.717) is 42.3 Å². The van der Waals surface area contributed by atoms with E-state index in [4.69, 9.17) is 9.47 Å². The summed E-state index contributed by atoms with van der Waals surface area (Å²) in [7, 11) is 0. The Morgan fingerprint density at radius 3 is 2.44 bits per heavy atom.